The Bertz CT molecular complexity index is 466. The van der Waals surface area contributed by atoms with Crippen LogP contribution in [-0.2, 0) is 0 Å². The average molecular weight is 309 g/mol. The number of thioether (sulfide) groups is 1. The first-order chi connectivity index (χ1) is 10.2. The molecule has 1 heterocycles. The van der Waals surface area contributed by atoms with E-state index in [0.29, 0.717) is 5.92 Å². The molecule has 2 unspecified atom stereocenters. The molecule has 1 aliphatic carbocycles. The highest BCUT2D eigenvalue weighted by Gasteiger charge is 2.42. The monoisotopic (exact) mass is 309 g/mol. The van der Waals surface area contributed by atoms with Gasteiger partial charge in [-0.3, -0.25) is 0 Å². The van der Waals surface area contributed by atoms with Gasteiger partial charge in [0.15, 0.2) is 0 Å². The van der Waals surface area contributed by atoms with Crippen LogP contribution in [0.5, 0.6) is 0 Å². The van der Waals surface area contributed by atoms with Crippen molar-refractivity contribution in [3.63, 3.8) is 0 Å². The fourth-order valence-corrected chi connectivity index (χ4v) is 4.58. The summed E-state index contributed by atoms with van der Waals surface area (Å²) in [6, 6.07) is 6.73. The molecule has 2 aliphatic rings. The van der Waals surface area contributed by atoms with Crippen molar-refractivity contribution in [2.75, 3.05) is 25.4 Å². The molecule has 3 rings (SSSR count). The molecule has 1 aromatic carbocycles. The Kier molecular flexibility index (Phi) is 4.87. The van der Waals surface area contributed by atoms with Crippen LogP contribution in [0.15, 0.2) is 29.2 Å². The predicted molar refractivity (Wildman–Crippen MR) is 85.1 cm³/mol. The second-order valence-electron chi connectivity index (χ2n) is 6.40. The van der Waals surface area contributed by atoms with Crippen LogP contribution in [0.4, 0.5) is 4.39 Å². The van der Waals surface area contributed by atoms with Crippen molar-refractivity contribution < 1.29 is 9.50 Å². The molecule has 21 heavy (non-hydrogen) atoms. The fourth-order valence-electron chi connectivity index (χ4n) is 3.67. The number of hydrogen-bond acceptors (Lipinski definition) is 3. The highest BCUT2D eigenvalue weighted by molar-refractivity contribution is 7.99. The van der Waals surface area contributed by atoms with E-state index in [9.17, 15) is 9.50 Å². The van der Waals surface area contributed by atoms with E-state index in [1.165, 1.54) is 31.4 Å². The van der Waals surface area contributed by atoms with Crippen LogP contribution < -0.4 is 0 Å². The van der Waals surface area contributed by atoms with Gasteiger partial charge < -0.3 is 10.0 Å². The van der Waals surface area contributed by atoms with Crippen molar-refractivity contribution >= 4 is 11.8 Å². The molecule has 2 nitrogen and oxygen atoms in total. The Morgan fingerprint density at radius 2 is 2.05 bits per heavy atom. The zero-order valence-corrected chi connectivity index (χ0v) is 13.2. The molecule has 1 saturated carbocycles. The van der Waals surface area contributed by atoms with Crippen LogP contribution in [0.25, 0.3) is 0 Å². The summed E-state index contributed by atoms with van der Waals surface area (Å²) >= 11 is 1.78. The summed E-state index contributed by atoms with van der Waals surface area (Å²) in [5.74, 6) is 1.32. The van der Waals surface area contributed by atoms with E-state index in [0.717, 1.165) is 43.1 Å². The van der Waals surface area contributed by atoms with Crippen molar-refractivity contribution in [1.29, 1.82) is 0 Å². The van der Waals surface area contributed by atoms with Gasteiger partial charge in [-0.05, 0) is 43.5 Å². The van der Waals surface area contributed by atoms with Crippen molar-refractivity contribution in [2.45, 2.75) is 42.6 Å². The molecular weight excluding hydrogens is 285 g/mol. The second-order valence-corrected chi connectivity index (χ2v) is 7.57. The van der Waals surface area contributed by atoms with E-state index >= 15 is 0 Å². The Labute approximate surface area is 130 Å². The van der Waals surface area contributed by atoms with E-state index in [1.807, 2.05) is 12.1 Å². The summed E-state index contributed by atoms with van der Waals surface area (Å²) in [5.41, 5.74) is -0.376. The summed E-state index contributed by atoms with van der Waals surface area (Å²) in [7, 11) is 0. The molecule has 0 aromatic heterocycles. The normalized spacial score (nSPS) is 30.1. The van der Waals surface area contributed by atoms with Crippen molar-refractivity contribution in [2.24, 2.45) is 5.92 Å². The van der Waals surface area contributed by atoms with Gasteiger partial charge in [-0.2, -0.15) is 0 Å². The van der Waals surface area contributed by atoms with Gasteiger partial charge in [0.1, 0.15) is 5.82 Å². The summed E-state index contributed by atoms with van der Waals surface area (Å²) in [6.07, 6.45) is 5.56. The first-order valence-electron chi connectivity index (χ1n) is 7.99. The van der Waals surface area contributed by atoms with E-state index in [4.69, 9.17) is 0 Å². The maximum atomic E-state index is 12.9. The average Bonchev–Trinajstić information content (AvgIpc) is 2.49. The number of benzene rings is 1. The Hall–Kier alpha value is -0.580. The topological polar surface area (TPSA) is 23.5 Å². The maximum absolute atomic E-state index is 12.9. The minimum absolute atomic E-state index is 0.174. The molecule has 1 aliphatic heterocycles. The third-order valence-corrected chi connectivity index (χ3v) is 5.99. The lowest BCUT2D eigenvalue weighted by Crippen LogP contribution is -2.53. The molecule has 1 saturated heterocycles. The summed E-state index contributed by atoms with van der Waals surface area (Å²) in [4.78, 5) is 3.61. The van der Waals surface area contributed by atoms with E-state index in [1.54, 1.807) is 11.8 Å². The third-order valence-electron chi connectivity index (χ3n) is 5.00. The van der Waals surface area contributed by atoms with E-state index in [2.05, 4.69) is 4.90 Å². The molecule has 116 valence electrons. The lowest BCUT2D eigenvalue weighted by atomic mass is 9.71. The molecule has 0 bridgehead atoms. The standard InChI is InChI=1S/C17H24FNOS/c18-15-4-6-16(7-5-15)21-12-11-19-10-9-17(20)8-2-1-3-14(17)13-19/h4-7,14,20H,1-3,8-13H2. The Morgan fingerprint density at radius 1 is 1.24 bits per heavy atom. The largest absolute Gasteiger partial charge is 0.390 e. The van der Waals surface area contributed by atoms with Crippen molar-refractivity contribution in [3.05, 3.63) is 30.1 Å². The van der Waals surface area contributed by atoms with Gasteiger partial charge >= 0.3 is 0 Å². The highest BCUT2D eigenvalue weighted by Crippen LogP contribution is 2.39. The lowest BCUT2D eigenvalue weighted by Gasteiger charge is -2.47. The lowest BCUT2D eigenvalue weighted by molar-refractivity contribution is -0.0942. The minimum atomic E-state index is -0.376. The van der Waals surface area contributed by atoms with Gasteiger partial charge in [-0.1, -0.05) is 12.8 Å². The van der Waals surface area contributed by atoms with Crippen LogP contribution in [-0.4, -0.2) is 41.0 Å². The number of fused-ring (bicyclic) bond motifs is 1. The van der Waals surface area contributed by atoms with Gasteiger partial charge in [0.25, 0.3) is 0 Å². The van der Waals surface area contributed by atoms with Crippen molar-refractivity contribution in [1.82, 2.24) is 4.90 Å². The predicted octanol–water partition coefficient (Wildman–Crippen LogP) is 3.54. The number of aliphatic hydroxyl groups is 1. The van der Waals surface area contributed by atoms with Crippen LogP contribution in [0.1, 0.15) is 32.1 Å². The van der Waals surface area contributed by atoms with Gasteiger partial charge in [0, 0.05) is 36.2 Å². The quantitative estimate of drug-likeness (QED) is 0.861. The molecule has 1 N–H and O–H groups in total. The number of likely N-dealkylation sites (tertiary alicyclic amines) is 1. The van der Waals surface area contributed by atoms with E-state index < -0.39 is 0 Å². The fraction of sp³-hybridized carbons (Fsp3) is 0.647. The van der Waals surface area contributed by atoms with Gasteiger partial charge in [0.05, 0.1) is 5.60 Å². The number of halogens is 1. The number of rotatable bonds is 4. The van der Waals surface area contributed by atoms with Crippen LogP contribution in [0.3, 0.4) is 0 Å². The summed E-state index contributed by atoms with van der Waals surface area (Å²) < 4.78 is 12.9. The number of hydrogen-bond donors (Lipinski definition) is 1. The SMILES string of the molecule is OC12CCCCC1CN(CCSc1ccc(F)cc1)CC2. The van der Waals surface area contributed by atoms with Gasteiger partial charge in [-0.25, -0.2) is 4.39 Å². The Balaban J connectivity index is 1.45. The van der Waals surface area contributed by atoms with Crippen molar-refractivity contribution in [3.8, 4) is 0 Å². The molecule has 2 atom stereocenters. The minimum Gasteiger partial charge on any atom is -0.390 e. The van der Waals surface area contributed by atoms with Crippen LogP contribution in [0.2, 0.25) is 0 Å². The number of piperidine rings is 1. The zero-order chi connectivity index (χ0) is 14.7. The summed E-state index contributed by atoms with van der Waals surface area (Å²) in [5, 5.41) is 10.7. The highest BCUT2D eigenvalue weighted by atomic mass is 32.2. The molecule has 0 radical (unpaired) electrons. The first-order valence-corrected chi connectivity index (χ1v) is 8.97. The van der Waals surface area contributed by atoms with Crippen LogP contribution >= 0.6 is 11.8 Å². The molecule has 4 heteroatoms. The zero-order valence-electron chi connectivity index (χ0n) is 12.4. The maximum Gasteiger partial charge on any atom is 0.123 e. The molecule has 0 amide bonds. The third kappa shape index (κ3) is 3.79. The molecule has 1 aromatic rings. The molecule has 2 fully saturated rings. The number of nitrogens with zero attached hydrogens (tertiary/aromatic N) is 1. The second kappa shape index (κ2) is 6.67. The van der Waals surface area contributed by atoms with Gasteiger partial charge in [0.2, 0.25) is 0 Å². The van der Waals surface area contributed by atoms with E-state index in [-0.39, 0.29) is 11.4 Å². The van der Waals surface area contributed by atoms with Gasteiger partial charge in [-0.15, -0.1) is 11.8 Å². The Morgan fingerprint density at radius 3 is 2.86 bits per heavy atom. The summed E-state index contributed by atoms with van der Waals surface area (Å²) in [6.45, 7) is 3.10. The molecule has 0 spiro atoms. The first kappa shape index (κ1) is 15.3. The molecular formula is C17H24FNOS. The smallest absolute Gasteiger partial charge is 0.123 e. The van der Waals surface area contributed by atoms with Crippen LogP contribution in [0, 0.1) is 11.7 Å².